The highest BCUT2D eigenvalue weighted by Gasteiger charge is 2.31. The van der Waals surface area contributed by atoms with E-state index in [1.807, 2.05) is 38.1 Å². The first-order valence-corrected chi connectivity index (χ1v) is 9.86. The number of nitrogens with zero attached hydrogens (tertiary/aromatic N) is 2. The second-order valence-corrected chi connectivity index (χ2v) is 8.17. The molecule has 7 heteroatoms. The molecule has 1 amide bonds. The maximum atomic E-state index is 12.6. The Bertz CT molecular complexity index is 979. The van der Waals surface area contributed by atoms with Crippen LogP contribution in [0.15, 0.2) is 41.8 Å². The van der Waals surface area contributed by atoms with Crippen LogP contribution in [0, 0.1) is 13.8 Å². The second kappa shape index (κ2) is 7.92. The van der Waals surface area contributed by atoms with Crippen LogP contribution >= 0.6 is 35.6 Å². The number of hydrogen-bond donors (Lipinski definition) is 0. The first kappa shape index (κ1) is 19.7. The Hall–Kier alpha value is -2.02. The summed E-state index contributed by atoms with van der Waals surface area (Å²) in [6.07, 6.45) is 3.56. The maximum Gasteiger partial charge on any atom is 0.266 e. The van der Waals surface area contributed by atoms with E-state index in [2.05, 4.69) is 11.1 Å². The summed E-state index contributed by atoms with van der Waals surface area (Å²) in [7, 11) is 1.63. The summed E-state index contributed by atoms with van der Waals surface area (Å²) in [5, 5.41) is 0.630. The molecule has 1 aromatic carbocycles. The molecule has 140 valence electrons. The molecule has 1 saturated heterocycles. The third kappa shape index (κ3) is 3.70. The number of carbonyl (C=O) groups excluding carboxylic acids is 1. The van der Waals surface area contributed by atoms with Gasteiger partial charge in [0.2, 0.25) is 0 Å². The molecule has 3 rings (SSSR count). The molecule has 4 nitrogen and oxygen atoms in total. The summed E-state index contributed by atoms with van der Waals surface area (Å²) in [6.45, 7) is 8.11. The lowest BCUT2D eigenvalue weighted by Crippen LogP contribution is -2.27. The number of methoxy groups -OCH3 is 1. The molecule has 0 N–H and O–H groups in total. The number of aryl methyl sites for hydroxylation is 1. The standard InChI is InChI=1S/C20H19ClN2O2S2/c1-5-8-22-19(24)18(27-20(22)26)10-14-9-12(2)23(13(14)3)16-11-15(21)6-7-17(16)25-4/h5-7,9-11H,1,8H2,2-4H3/b18-10-. The van der Waals surface area contributed by atoms with Gasteiger partial charge in [0.1, 0.15) is 10.1 Å². The average Bonchev–Trinajstić information content (AvgIpc) is 3.05. The predicted octanol–water partition coefficient (Wildman–Crippen LogP) is 5.14. The Morgan fingerprint density at radius 2 is 2.07 bits per heavy atom. The fraction of sp³-hybridized carbons (Fsp3) is 0.200. The van der Waals surface area contributed by atoms with Crippen LogP contribution in [0.5, 0.6) is 5.75 Å². The number of rotatable bonds is 5. The first-order valence-electron chi connectivity index (χ1n) is 8.26. The molecule has 0 bridgehead atoms. The second-order valence-electron chi connectivity index (χ2n) is 6.06. The van der Waals surface area contributed by atoms with E-state index >= 15 is 0 Å². The number of thiocarbonyl (C=S) groups is 1. The van der Waals surface area contributed by atoms with Crippen LogP contribution in [0.1, 0.15) is 17.0 Å². The van der Waals surface area contributed by atoms with E-state index in [-0.39, 0.29) is 5.91 Å². The highest BCUT2D eigenvalue weighted by molar-refractivity contribution is 8.26. The van der Waals surface area contributed by atoms with Crippen molar-refractivity contribution >= 4 is 51.9 Å². The SMILES string of the molecule is C=CCN1C(=O)/C(=C/c2cc(C)n(-c3cc(Cl)ccc3OC)c2C)SC1=S. The van der Waals surface area contributed by atoms with Crippen molar-refractivity contribution in [2.24, 2.45) is 0 Å². The summed E-state index contributed by atoms with van der Waals surface area (Å²) in [4.78, 5) is 14.8. The van der Waals surface area contributed by atoms with Crippen molar-refractivity contribution in [2.75, 3.05) is 13.7 Å². The molecule has 0 radical (unpaired) electrons. The zero-order chi connectivity index (χ0) is 19.7. The van der Waals surface area contributed by atoms with E-state index in [1.54, 1.807) is 24.2 Å². The van der Waals surface area contributed by atoms with Crippen molar-refractivity contribution < 1.29 is 9.53 Å². The van der Waals surface area contributed by atoms with E-state index in [1.165, 1.54) is 11.8 Å². The van der Waals surface area contributed by atoms with Gasteiger partial charge in [-0.25, -0.2) is 0 Å². The van der Waals surface area contributed by atoms with Crippen LogP contribution in [0.25, 0.3) is 11.8 Å². The van der Waals surface area contributed by atoms with Gasteiger partial charge in [-0.05, 0) is 49.8 Å². The van der Waals surface area contributed by atoms with Gasteiger partial charge in [0, 0.05) is 23.0 Å². The van der Waals surface area contributed by atoms with Crippen LogP contribution in [0.2, 0.25) is 5.02 Å². The molecule has 0 spiro atoms. The van der Waals surface area contributed by atoms with Crippen molar-refractivity contribution in [1.29, 1.82) is 0 Å². The van der Waals surface area contributed by atoms with E-state index in [0.717, 1.165) is 28.4 Å². The molecule has 1 aromatic heterocycles. The minimum Gasteiger partial charge on any atom is -0.495 e. The van der Waals surface area contributed by atoms with Gasteiger partial charge in [0.15, 0.2) is 0 Å². The van der Waals surface area contributed by atoms with Crippen LogP contribution < -0.4 is 4.74 Å². The molecular weight excluding hydrogens is 400 g/mol. The summed E-state index contributed by atoms with van der Waals surface area (Å²) >= 11 is 12.8. The van der Waals surface area contributed by atoms with Crippen LogP contribution in [-0.4, -0.2) is 33.3 Å². The average molecular weight is 419 g/mol. The molecule has 1 fully saturated rings. The quantitative estimate of drug-likeness (QED) is 0.382. The Morgan fingerprint density at radius 3 is 2.74 bits per heavy atom. The normalized spacial score (nSPS) is 15.7. The number of ether oxygens (including phenoxy) is 1. The third-order valence-corrected chi connectivity index (χ3v) is 5.94. The Morgan fingerprint density at radius 1 is 1.33 bits per heavy atom. The molecular formula is C20H19ClN2O2S2. The van der Waals surface area contributed by atoms with Crippen molar-refractivity contribution in [3.8, 4) is 11.4 Å². The predicted molar refractivity (Wildman–Crippen MR) is 117 cm³/mol. The lowest BCUT2D eigenvalue weighted by atomic mass is 10.2. The lowest BCUT2D eigenvalue weighted by Gasteiger charge is -2.14. The summed E-state index contributed by atoms with van der Waals surface area (Å²) in [6, 6.07) is 7.55. The van der Waals surface area contributed by atoms with Gasteiger partial charge in [-0.15, -0.1) is 6.58 Å². The van der Waals surface area contributed by atoms with Gasteiger partial charge >= 0.3 is 0 Å². The summed E-state index contributed by atoms with van der Waals surface area (Å²) in [5.41, 5.74) is 3.82. The molecule has 1 aliphatic rings. The van der Waals surface area contributed by atoms with Crippen molar-refractivity contribution in [1.82, 2.24) is 9.47 Å². The molecule has 27 heavy (non-hydrogen) atoms. The largest absolute Gasteiger partial charge is 0.495 e. The molecule has 2 aromatic rings. The zero-order valence-corrected chi connectivity index (χ0v) is 17.7. The van der Waals surface area contributed by atoms with Gasteiger partial charge in [-0.3, -0.25) is 9.69 Å². The van der Waals surface area contributed by atoms with Crippen LogP contribution in [0.3, 0.4) is 0 Å². The van der Waals surface area contributed by atoms with Gasteiger partial charge in [-0.1, -0.05) is 41.7 Å². The first-order chi connectivity index (χ1) is 12.9. The van der Waals surface area contributed by atoms with Gasteiger partial charge in [0.25, 0.3) is 5.91 Å². The van der Waals surface area contributed by atoms with E-state index in [4.69, 9.17) is 28.6 Å². The Balaban J connectivity index is 2.05. The Labute approximate surface area is 173 Å². The minimum atomic E-state index is -0.0879. The highest BCUT2D eigenvalue weighted by Crippen LogP contribution is 2.35. The molecule has 0 aliphatic carbocycles. The molecule has 2 heterocycles. The van der Waals surface area contributed by atoms with Gasteiger partial charge < -0.3 is 9.30 Å². The van der Waals surface area contributed by atoms with E-state index in [0.29, 0.717) is 20.8 Å². The van der Waals surface area contributed by atoms with E-state index < -0.39 is 0 Å². The number of halogens is 1. The minimum absolute atomic E-state index is 0.0879. The smallest absolute Gasteiger partial charge is 0.266 e. The maximum absolute atomic E-state index is 12.6. The third-order valence-electron chi connectivity index (χ3n) is 4.32. The number of amides is 1. The highest BCUT2D eigenvalue weighted by atomic mass is 35.5. The monoisotopic (exact) mass is 418 g/mol. The molecule has 0 saturated carbocycles. The van der Waals surface area contributed by atoms with Crippen molar-refractivity contribution in [3.05, 3.63) is 63.8 Å². The van der Waals surface area contributed by atoms with Crippen molar-refractivity contribution in [3.63, 3.8) is 0 Å². The van der Waals surface area contributed by atoms with Crippen LogP contribution in [0.4, 0.5) is 0 Å². The van der Waals surface area contributed by atoms with Crippen LogP contribution in [-0.2, 0) is 4.79 Å². The van der Waals surface area contributed by atoms with E-state index in [9.17, 15) is 4.79 Å². The lowest BCUT2D eigenvalue weighted by molar-refractivity contribution is -0.121. The zero-order valence-electron chi connectivity index (χ0n) is 15.3. The summed E-state index contributed by atoms with van der Waals surface area (Å²) < 4.78 is 8.12. The number of hydrogen-bond acceptors (Lipinski definition) is 4. The van der Waals surface area contributed by atoms with Gasteiger partial charge in [0.05, 0.1) is 17.7 Å². The topological polar surface area (TPSA) is 34.5 Å². The van der Waals surface area contributed by atoms with Crippen molar-refractivity contribution in [2.45, 2.75) is 13.8 Å². The molecule has 0 atom stereocenters. The fourth-order valence-electron chi connectivity index (χ4n) is 3.07. The summed E-state index contributed by atoms with van der Waals surface area (Å²) in [5.74, 6) is 0.639. The fourth-order valence-corrected chi connectivity index (χ4v) is 4.50. The number of thioether (sulfide) groups is 1. The number of aromatic nitrogens is 1. The number of benzene rings is 1. The number of carbonyl (C=O) groups is 1. The van der Waals surface area contributed by atoms with Gasteiger partial charge in [-0.2, -0.15) is 0 Å². The Kier molecular flexibility index (Phi) is 5.79. The molecule has 0 unspecified atom stereocenters. The molecule has 1 aliphatic heterocycles.